The van der Waals surface area contributed by atoms with E-state index in [-0.39, 0.29) is 17.7 Å². The molecule has 0 spiro atoms. The molecule has 3 heterocycles. The number of tetrazole rings is 1. The summed E-state index contributed by atoms with van der Waals surface area (Å²) in [4.78, 5) is 18.6. The maximum Gasteiger partial charge on any atom is 0.252 e. The molecule has 8 heteroatoms. The fraction of sp³-hybridized carbons (Fsp3) is 0.429. The average Bonchev–Trinajstić information content (AvgIpc) is 3.55. The molecular weight excluding hydrogens is 452 g/mol. The van der Waals surface area contributed by atoms with Crippen LogP contribution in [-0.2, 0) is 24.4 Å². The van der Waals surface area contributed by atoms with Crippen LogP contribution < -0.4 is 5.56 Å². The summed E-state index contributed by atoms with van der Waals surface area (Å²) < 4.78 is 7.74. The number of benzene rings is 2. The van der Waals surface area contributed by atoms with Gasteiger partial charge in [-0.1, -0.05) is 55.0 Å². The molecule has 2 aromatic carbocycles. The van der Waals surface area contributed by atoms with E-state index < -0.39 is 0 Å². The molecular formula is C28H34N6O2. The summed E-state index contributed by atoms with van der Waals surface area (Å²) in [6.07, 6.45) is 3.04. The van der Waals surface area contributed by atoms with Crippen molar-refractivity contribution < 1.29 is 4.74 Å². The molecule has 0 radical (unpaired) electrons. The number of hydrogen-bond acceptors (Lipinski definition) is 6. The summed E-state index contributed by atoms with van der Waals surface area (Å²) in [6.45, 7) is 8.85. The fourth-order valence-corrected chi connectivity index (χ4v) is 5.13. The van der Waals surface area contributed by atoms with Gasteiger partial charge in [0.05, 0.1) is 24.2 Å². The number of ether oxygens (including phenoxy) is 1. The lowest BCUT2D eigenvalue weighted by Gasteiger charge is -2.30. The Morgan fingerprint density at radius 1 is 1.17 bits per heavy atom. The number of aromatic amines is 1. The Balaban J connectivity index is 1.50. The quantitative estimate of drug-likeness (QED) is 0.376. The molecule has 0 bridgehead atoms. The van der Waals surface area contributed by atoms with Crippen LogP contribution in [0.15, 0.2) is 53.3 Å². The number of para-hydroxylation sites is 1. The SMILES string of the molecule is CC[C@H](c1nnnn1C[C@H]1CCCO1)N(Cc1ccc(C)cc1)Cc1cc2cccc(C)c2[nH]c1=O. The van der Waals surface area contributed by atoms with Crippen LogP contribution in [0, 0.1) is 13.8 Å². The summed E-state index contributed by atoms with van der Waals surface area (Å²) in [5, 5.41) is 13.8. The van der Waals surface area contributed by atoms with Gasteiger partial charge in [-0.25, -0.2) is 4.68 Å². The Hall–Kier alpha value is -3.36. The van der Waals surface area contributed by atoms with E-state index in [4.69, 9.17) is 4.74 Å². The van der Waals surface area contributed by atoms with Crippen molar-refractivity contribution in [3.63, 3.8) is 0 Å². The summed E-state index contributed by atoms with van der Waals surface area (Å²) in [7, 11) is 0. The lowest BCUT2D eigenvalue weighted by Crippen LogP contribution is -2.33. The van der Waals surface area contributed by atoms with Gasteiger partial charge in [0.2, 0.25) is 0 Å². The molecule has 1 saturated heterocycles. The van der Waals surface area contributed by atoms with Crippen LogP contribution >= 0.6 is 0 Å². The molecule has 0 aliphatic carbocycles. The maximum atomic E-state index is 13.2. The number of nitrogens with one attached hydrogen (secondary N) is 1. The van der Waals surface area contributed by atoms with Crippen molar-refractivity contribution in [3.8, 4) is 0 Å². The molecule has 4 aromatic rings. The number of aromatic nitrogens is 5. The van der Waals surface area contributed by atoms with Crippen LogP contribution in [0.1, 0.15) is 60.3 Å². The predicted octanol–water partition coefficient (Wildman–Crippen LogP) is 4.46. The van der Waals surface area contributed by atoms with Gasteiger partial charge in [0, 0.05) is 25.3 Å². The largest absolute Gasteiger partial charge is 0.376 e. The van der Waals surface area contributed by atoms with Crippen molar-refractivity contribution in [2.24, 2.45) is 0 Å². The van der Waals surface area contributed by atoms with Crippen LogP contribution in [0.4, 0.5) is 0 Å². The smallest absolute Gasteiger partial charge is 0.252 e. The molecule has 8 nitrogen and oxygen atoms in total. The number of H-pyrrole nitrogens is 1. The zero-order chi connectivity index (χ0) is 25.1. The minimum atomic E-state index is -0.0599. The molecule has 5 rings (SSSR count). The van der Waals surface area contributed by atoms with E-state index in [2.05, 4.69) is 63.5 Å². The molecule has 1 fully saturated rings. The van der Waals surface area contributed by atoms with Crippen molar-refractivity contribution in [2.45, 2.75) is 71.8 Å². The Labute approximate surface area is 211 Å². The first-order valence-electron chi connectivity index (χ1n) is 12.8. The molecule has 0 saturated carbocycles. The Kier molecular flexibility index (Phi) is 7.25. The summed E-state index contributed by atoms with van der Waals surface area (Å²) in [6, 6.07) is 16.6. The second-order valence-electron chi connectivity index (χ2n) is 9.83. The molecule has 2 atom stereocenters. The molecule has 1 N–H and O–H groups in total. The van der Waals surface area contributed by atoms with Gasteiger partial charge < -0.3 is 9.72 Å². The van der Waals surface area contributed by atoms with Crippen LogP contribution in [0.3, 0.4) is 0 Å². The van der Waals surface area contributed by atoms with Crippen LogP contribution in [-0.4, -0.2) is 42.8 Å². The Morgan fingerprint density at radius 2 is 2.00 bits per heavy atom. The van der Waals surface area contributed by atoms with E-state index >= 15 is 0 Å². The van der Waals surface area contributed by atoms with Gasteiger partial charge in [0.1, 0.15) is 0 Å². The first-order valence-corrected chi connectivity index (χ1v) is 12.8. The van der Waals surface area contributed by atoms with Gasteiger partial charge in [-0.15, -0.1) is 5.10 Å². The minimum absolute atomic E-state index is 0.0560. The van der Waals surface area contributed by atoms with Crippen LogP contribution in [0.5, 0.6) is 0 Å². The van der Waals surface area contributed by atoms with E-state index in [9.17, 15) is 4.79 Å². The number of aryl methyl sites for hydroxylation is 2. The Morgan fingerprint density at radius 3 is 2.75 bits per heavy atom. The lowest BCUT2D eigenvalue weighted by atomic mass is 10.1. The average molecular weight is 487 g/mol. The second-order valence-corrected chi connectivity index (χ2v) is 9.83. The molecule has 188 valence electrons. The van der Waals surface area contributed by atoms with Gasteiger partial charge in [0.15, 0.2) is 5.82 Å². The third-order valence-corrected chi connectivity index (χ3v) is 7.13. The van der Waals surface area contributed by atoms with Crippen molar-refractivity contribution in [1.82, 2.24) is 30.1 Å². The zero-order valence-corrected chi connectivity index (χ0v) is 21.3. The molecule has 2 aromatic heterocycles. The van der Waals surface area contributed by atoms with Gasteiger partial charge in [0.25, 0.3) is 5.56 Å². The molecule has 1 aliphatic heterocycles. The molecule has 1 aliphatic rings. The second kappa shape index (κ2) is 10.7. The van der Waals surface area contributed by atoms with E-state index in [0.717, 1.165) is 53.7 Å². The number of hydrogen-bond donors (Lipinski definition) is 1. The number of pyridine rings is 1. The zero-order valence-electron chi connectivity index (χ0n) is 21.3. The topological polar surface area (TPSA) is 88.9 Å². The minimum Gasteiger partial charge on any atom is -0.376 e. The first kappa shape index (κ1) is 24.3. The fourth-order valence-electron chi connectivity index (χ4n) is 5.13. The van der Waals surface area contributed by atoms with Gasteiger partial charge in [-0.3, -0.25) is 9.69 Å². The third kappa shape index (κ3) is 5.24. The molecule has 0 unspecified atom stereocenters. The van der Waals surface area contributed by atoms with Gasteiger partial charge in [-0.05, 0) is 66.1 Å². The van der Waals surface area contributed by atoms with Crippen molar-refractivity contribution >= 4 is 10.9 Å². The van der Waals surface area contributed by atoms with Crippen molar-refractivity contribution in [2.75, 3.05) is 6.61 Å². The normalized spacial score (nSPS) is 16.7. The van der Waals surface area contributed by atoms with Crippen LogP contribution in [0.25, 0.3) is 10.9 Å². The highest BCUT2D eigenvalue weighted by atomic mass is 16.5. The number of fused-ring (bicyclic) bond motifs is 1. The first-order chi connectivity index (χ1) is 17.5. The standard InChI is InChI=1S/C28H34N6O2/c1-4-25(27-30-31-32-34(27)18-24-9-6-14-36-24)33(16-21-12-10-19(2)11-13-21)17-23-15-22-8-5-7-20(3)26(22)29-28(23)35/h5,7-8,10-13,15,24-25H,4,6,9,14,16-18H2,1-3H3,(H,29,35)/t24-,25-/m1/s1. The third-order valence-electron chi connectivity index (χ3n) is 7.13. The van der Waals surface area contributed by atoms with E-state index in [1.54, 1.807) is 0 Å². The van der Waals surface area contributed by atoms with E-state index in [1.807, 2.05) is 35.9 Å². The van der Waals surface area contributed by atoms with Crippen LogP contribution in [0.2, 0.25) is 0 Å². The highest BCUT2D eigenvalue weighted by molar-refractivity contribution is 5.81. The van der Waals surface area contributed by atoms with E-state index in [1.165, 1.54) is 11.1 Å². The van der Waals surface area contributed by atoms with Crippen molar-refractivity contribution in [3.05, 3.63) is 87.0 Å². The maximum absolute atomic E-state index is 13.2. The van der Waals surface area contributed by atoms with Gasteiger partial charge >= 0.3 is 0 Å². The van der Waals surface area contributed by atoms with E-state index in [0.29, 0.717) is 19.6 Å². The summed E-state index contributed by atoms with van der Waals surface area (Å²) in [5.74, 6) is 0.813. The highest BCUT2D eigenvalue weighted by Gasteiger charge is 2.28. The van der Waals surface area contributed by atoms with Gasteiger partial charge in [-0.2, -0.15) is 0 Å². The van der Waals surface area contributed by atoms with Crippen molar-refractivity contribution in [1.29, 1.82) is 0 Å². The highest BCUT2D eigenvalue weighted by Crippen LogP contribution is 2.27. The monoisotopic (exact) mass is 486 g/mol. The lowest BCUT2D eigenvalue weighted by molar-refractivity contribution is 0.0888. The molecule has 0 amide bonds. The Bertz CT molecular complexity index is 1370. The predicted molar refractivity (Wildman–Crippen MR) is 140 cm³/mol. The number of rotatable bonds is 9. The summed E-state index contributed by atoms with van der Waals surface area (Å²) in [5.41, 5.74) is 5.04. The number of nitrogens with zero attached hydrogens (tertiary/aromatic N) is 5. The molecule has 36 heavy (non-hydrogen) atoms. The summed E-state index contributed by atoms with van der Waals surface area (Å²) >= 11 is 0.